The average Bonchev–Trinajstić information content (AvgIpc) is 3.58. The summed E-state index contributed by atoms with van der Waals surface area (Å²) in [6, 6.07) is -0.848. The standard InChI is InChI=1S/C28H35N5O7/c1-16(2)25-18(4)9-10-23(36)30-11-5-7-17(3)13-19(34)14-22(35)24(32-29)26-31-20(15-39-26)27(37)33-12-6-8-21(33)28(38)40-25/h5,7,9-10,13,15-16,18-19,21,25,34H,6,8,11-12,14H2,1-4H3,(H,30,36)/b7-5+,10-9+,17-13+/t18-,19-,21-,25?/m1/s1. The Hall–Kier alpha value is -4.15. The first kappa shape index (κ1) is 30.4. The number of rotatable bonds is 1. The van der Waals surface area contributed by atoms with E-state index in [2.05, 4.69) is 15.1 Å². The van der Waals surface area contributed by atoms with Gasteiger partial charge in [0.1, 0.15) is 18.4 Å². The molecule has 0 aliphatic carbocycles. The van der Waals surface area contributed by atoms with Gasteiger partial charge < -0.3 is 30.0 Å². The van der Waals surface area contributed by atoms with Crippen molar-refractivity contribution in [1.82, 2.24) is 15.2 Å². The van der Waals surface area contributed by atoms with Crippen molar-refractivity contribution in [3.63, 3.8) is 0 Å². The molecule has 3 rings (SSSR count). The van der Waals surface area contributed by atoms with Gasteiger partial charge in [-0.3, -0.25) is 14.4 Å². The van der Waals surface area contributed by atoms with Gasteiger partial charge in [-0.05, 0) is 31.8 Å². The lowest BCUT2D eigenvalue weighted by Crippen LogP contribution is -2.44. The van der Waals surface area contributed by atoms with Crippen LogP contribution < -0.4 is 5.32 Å². The predicted molar refractivity (Wildman–Crippen MR) is 143 cm³/mol. The third-order valence-corrected chi connectivity index (χ3v) is 6.68. The Labute approximate surface area is 232 Å². The number of cyclic esters (lactones) is 1. The van der Waals surface area contributed by atoms with Gasteiger partial charge in [0.25, 0.3) is 11.7 Å². The summed E-state index contributed by atoms with van der Waals surface area (Å²) in [7, 11) is 0. The number of esters is 1. The lowest BCUT2D eigenvalue weighted by molar-refractivity contribution is -0.158. The van der Waals surface area contributed by atoms with Crippen molar-refractivity contribution in [3.05, 3.63) is 59.3 Å². The van der Waals surface area contributed by atoms with E-state index in [1.807, 2.05) is 20.8 Å². The minimum atomic E-state index is -1.21. The number of nitrogens with zero attached hydrogens (tertiary/aromatic N) is 4. The first-order valence-electron chi connectivity index (χ1n) is 13.2. The number of hydrogen-bond acceptors (Lipinski definition) is 8. The van der Waals surface area contributed by atoms with E-state index in [1.165, 1.54) is 17.1 Å². The number of carbonyl (C=O) groups excluding carboxylic acids is 4. The molecule has 0 saturated carbocycles. The number of amides is 2. The molecule has 0 spiro atoms. The fourth-order valence-corrected chi connectivity index (χ4v) is 4.68. The summed E-state index contributed by atoms with van der Waals surface area (Å²) in [5, 5.41) is 13.0. The van der Waals surface area contributed by atoms with Gasteiger partial charge in [0.05, 0.1) is 6.10 Å². The Morgan fingerprint density at radius 1 is 1.23 bits per heavy atom. The Kier molecular flexibility index (Phi) is 10.5. The number of Topliss-reactive ketones (excluding diaryl/α,β-unsaturated/α-hetero) is 1. The highest BCUT2D eigenvalue weighted by atomic mass is 16.5. The Balaban J connectivity index is 1.93. The molecule has 214 valence electrons. The van der Waals surface area contributed by atoms with Crippen molar-refractivity contribution in [2.24, 2.45) is 11.8 Å². The largest absolute Gasteiger partial charge is 0.460 e. The number of aromatic nitrogens is 1. The summed E-state index contributed by atoms with van der Waals surface area (Å²) in [6.07, 6.45) is 7.66. The van der Waals surface area contributed by atoms with E-state index in [-0.39, 0.29) is 36.5 Å². The number of hydrogen-bond donors (Lipinski definition) is 2. The maximum absolute atomic E-state index is 13.3. The highest BCUT2D eigenvalue weighted by molar-refractivity contribution is 6.42. The van der Waals surface area contributed by atoms with Gasteiger partial charge in [-0.1, -0.05) is 50.6 Å². The van der Waals surface area contributed by atoms with Crippen LogP contribution in [0.2, 0.25) is 0 Å². The second-order valence-electron chi connectivity index (χ2n) is 10.3. The van der Waals surface area contributed by atoms with Gasteiger partial charge >= 0.3 is 17.6 Å². The summed E-state index contributed by atoms with van der Waals surface area (Å²) in [5.74, 6) is -3.00. The van der Waals surface area contributed by atoms with E-state index in [0.29, 0.717) is 18.4 Å². The third-order valence-electron chi connectivity index (χ3n) is 6.68. The van der Waals surface area contributed by atoms with Crippen LogP contribution in [-0.4, -0.2) is 80.4 Å². The molecule has 1 aromatic heterocycles. The van der Waals surface area contributed by atoms with Gasteiger partial charge in [-0.15, -0.1) is 0 Å². The zero-order valence-electron chi connectivity index (χ0n) is 23.1. The van der Waals surface area contributed by atoms with Gasteiger partial charge in [-0.25, -0.2) is 4.79 Å². The van der Waals surface area contributed by atoms with Crippen molar-refractivity contribution in [2.75, 3.05) is 13.1 Å². The number of fused-ring (bicyclic) bond motifs is 3. The molecule has 2 aliphatic rings. The molecule has 40 heavy (non-hydrogen) atoms. The molecule has 2 bridgehead atoms. The Bertz CT molecular complexity index is 1270. The number of ketones is 1. The summed E-state index contributed by atoms with van der Waals surface area (Å²) in [5.41, 5.74) is 9.35. The fraction of sp³-hybridized carbons (Fsp3) is 0.500. The second-order valence-corrected chi connectivity index (χ2v) is 10.3. The summed E-state index contributed by atoms with van der Waals surface area (Å²) in [4.78, 5) is 59.8. The summed E-state index contributed by atoms with van der Waals surface area (Å²) < 4.78 is 11.1. The monoisotopic (exact) mass is 553 g/mol. The van der Waals surface area contributed by atoms with E-state index < -0.39 is 53.9 Å². The molecule has 12 heteroatoms. The summed E-state index contributed by atoms with van der Waals surface area (Å²) >= 11 is 0. The van der Waals surface area contributed by atoms with E-state index in [4.69, 9.17) is 9.15 Å². The molecule has 1 unspecified atom stereocenters. The number of nitrogens with one attached hydrogen (secondary N) is 1. The minimum Gasteiger partial charge on any atom is -0.460 e. The molecular weight excluding hydrogens is 518 g/mol. The molecule has 1 saturated heterocycles. The lowest BCUT2D eigenvalue weighted by atomic mass is 9.94. The minimum absolute atomic E-state index is 0.0634. The normalized spacial score (nSPS) is 28.7. The first-order valence-corrected chi connectivity index (χ1v) is 13.2. The van der Waals surface area contributed by atoms with Crippen LogP contribution in [0.3, 0.4) is 0 Å². The van der Waals surface area contributed by atoms with Gasteiger partial charge in [0, 0.05) is 25.4 Å². The number of allylic oxidation sites excluding steroid dienone is 2. The van der Waals surface area contributed by atoms with E-state index in [9.17, 15) is 29.8 Å². The van der Waals surface area contributed by atoms with Crippen LogP contribution in [0, 0.1) is 11.8 Å². The quantitative estimate of drug-likeness (QED) is 0.301. The number of aliphatic hydroxyl groups is 1. The molecule has 2 aliphatic heterocycles. The maximum atomic E-state index is 13.3. The van der Waals surface area contributed by atoms with Crippen LogP contribution in [0.25, 0.3) is 5.53 Å². The van der Waals surface area contributed by atoms with Crippen LogP contribution in [0.1, 0.15) is 63.3 Å². The van der Waals surface area contributed by atoms with Gasteiger partial charge in [0.15, 0.2) is 5.69 Å². The molecule has 12 nitrogen and oxygen atoms in total. The van der Waals surface area contributed by atoms with E-state index in [0.717, 1.165) is 6.26 Å². The second kappa shape index (κ2) is 13.8. The molecular formula is C28H35N5O7. The van der Waals surface area contributed by atoms with Crippen molar-refractivity contribution >= 4 is 29.3 Å². The van der Waals surface area contributed by atoms with Gasteiger partial charge in [-0.2, -0.15) is 9.77 Å². The molecule has 4 atom stereocenters. The van der Waals surface area contributed by atoms with Crippen molar-refractivity contribution in [3.8, 4) is 0 Å². The SMILES string of the molecule is CC1=C\[C@@H](O)CC(=O)C(=[N+]=[N-])c2nc(co2)C(=O)N2CCC[C@@H]2C(=O)OC(C(C)C)[C@H](C)/C=C/C(=O)NC\C=C\1. The van der Waals surface area contributed by atoms with Crippen molar-refractivity contribution in [2.45, 2.75) is 65.2 Å². The number of carbonyl (C=O) groups is 4. The molecule has 2 N–H and O–H groups in total. The van der Waals surface area contributed by atoms with E-state index in [1.54, 1.807) is 25.2 Å². The first-order chi connectivity index (χ1) is 19.0. The van der Waals surface area contributed by atoms with Gasteiger partial charge in [0.2, 0.25) is 5.91 Å². The molecule has 0 aromatic carbocycles. The van der Waals surface area contributed by atoms with Crippen LogP contribution in [0.5, 0.6) is 0 Å². The predicted octanol–water partition coefficient (Wildman–Crippen LogP) is 2.01. The highest BCUT2D eigenvalue weighted by Gasteiger charge is 2.39. The Morgan fingerprint density at radius 2 is 1.98 bits per heavy atom. The zero-order chi connectivity index (χ0) is 29.4. The van der Waals surface area contributed by atoms with Crippen LogP contribution >= 0.6 is 0 Å². The molecule has 2 amide bonds. The Morgan fingerprint density at radius 3 is 2.67 bits per heavy atom. The molecule has 1 aromatic rings. The summed E-state index contributed by atoms with van der Waals surface area (Å²) in [6.45, 7) is 7.87. The number of aliphatic hydroxyl groups excluding tert-OH is 1. The zero-order valence-corrected chi connectivity index (χ0v) is 23.1. The van der Waals surface area contributed by atoms with E-state index >= 15 is 0 Å². The number of ether oxygens (including phenoxy) is 1. The number of oxazole rings is 1. The molecule has 1 fully saturated rings. The molecule has 0 radical (unpaired) electrons. The lowest BCUT2D eigenvalue weighted by Gasteiger charge is -2.29. The van der Waals surface area contributed by atoms with Crippen molar-refractivity contribution < 1.29 is 38.2 Å². The molecule has 3 heterocycles. The van der Waals surface area contributed by atoms with Crippen molar-refractivity contribution in [1.29, 1.82) is 0 Å². The average molecular weight is 554 g/mol. The topological polar surface area (TPSA) is 175 Å². The maximum Gasteiger partial charge on any atom is 0.419 e. The third kappa shape index (κ3) is 7.71. The smallest absolute Gasteiger partial charge is 0.419 e. The highest BCUT2D eigenvalue weighted by Crippen LogP contribution is 2.25. The van der Waals surface area contributed by atoms with Crippen LogP contribution in [-0.2, 0) is 19.1 Å². The van der Waals surface area contributed by atoms with Crippen LogP contribution in [0.4, 0.5) is 0 Å². The van der Waals surface area contributed by atoms with Crippen LogP contribution in [0.15, 0.2) is 46.6 Å². The fourth-order valence-electron chi connectivity index (χ4n) is 4.68.